The standard InChI is InChI=1S/C37H25N/c1-4-12-25(13-5-1)26-20-21-29-31-24-36-32(30-18-10-11-19-35(30)38-36)23-34(31)37(33(29)22-26,27-14-6-2-7-15-27)28-16-8-3-9-17-28/h1-24,38H. The highest BCUT2D eigenvalue weighted by Crippen LogP contribution is 2.57. The topological polar surface area (TPSA) is 15.8 Å². The van der Waals surface area contributed by atoms with E-state index in [0.29, 0.717) is 0 Å². The summed E-state index contributed by atoms with van der Waals surface area (Å²) in [5.74, 6) is 0. The van der Waals surface area contributed by atoms with E-state index in [4.69, 9.17) is 0 Å². The molecule has 0 atom stereocenters. The minimum atomic E-state index is -0.426. The zero-order valence-corrected chi connectivity index (χ0v) is 20.9. The van der Waals surface area contributed by atoms with Crippen molar-refractivity contribution < 1.29 is 0 Å². The van der Waals surface area contributed by atoms with Crippen molar-refractivity contribution >= 4 is 21.8 Å². The number of aromatic nitrogens is 1. The zero-order valence-electron chi connectivity index (χ0n) is 20.9. The number of hydrogen-bond acceptors (Lipinski definition) is 0. The Kier molecular flexibility index (Phi) is 4.50. The van der Waals surface area contributed by atoms with Gasteiger partial charge in [0.15, 0.2) is 0 Å². The largest absolute Gasteiger partial charge is 0.354 e. The molecule has 0 fully saturated rings. The smallest absolute Gasteiger partial charge is 0.0714 e. The number of rotatable bonds is 3. The van der Waals surface area contributed by atoms with Crippen LogP contribution in [0.4, 0.5) is 0 Å². The summed E-state index contributed by atoms with van der Waals surface area (Å²) in [7, 11) is 0. The molecule has 8 rings (SSSR count). The first-order valence-corrected chi connectivity index (χ1v) is 13.2. The molecule has 1 heterocycles. The molecule has 0 radical (unpaired) electrons. The maximum Gasteiger partial charge on any atom is 0.0714 e. The summed E-state index contributed by atoms with van der Waals surface area (Å²) in [5, 5.41) is 2.54. The fourth-order valence-corrected chi connectivity index (χ4v) is 6.64. The monoisotopic (exact) mass is 483 g/mol. The molecule has 0 unspecified atom stereocenters. The maximum absolute atomic E-state index is 3.68. The molecule has 0 saturated carbocycles. The molecule has 0 amide bonds. The Morgan fingerprint density at radius 2 is 1.00 bits per heavy atom. The molecule has 1 N–H and O–H groups in total. The third-order valence-corrected chi connectivity index (χ3v) is 8.28. The Morgan fingerprint density at radius 1 is 0.395 bits per heavy atom. The lowest BCUT2D eigenvalue weighted by atomic mass is 9.67. The number of nitrogens with one attached hydrogen (secondary N) is 1. The van der Waals surface area contributed by atoms with E-state index in [2.05, 4.69) is 151 Å². The van der Waals surface area contributed by atoms with Gasteiger partial charge in [0.2, 0.25) is 0 Å². The predicted molar refractivity (Wildman–Crippen MR) is 159 cm³/mol. The van der Waals surface area contributed by atoms with Gasteiger partial charge in [-0.05, 0) is 68.8 Å². The van der Waals surface area contributed by atoms with Crippen LogP contribution in [0.15, 0.2) is 146 Å². The Morgan fingerprint density at radius 3 is 1.71 bits per heavy atom. The normalized spacial score (nSPS) is 13.5. The van der Waals surface area contributed by atoms with E-state index in [0.717, 1.165) is 0 Å². The fourth-order valence-electron chi connectivity index (χ4n) is 6.64. The Bertz CT molecular complexity index is 1910. The SMILES string of the molecule is c1ccc(-c2ccc3c(c2)C(c2ccccc2)(c2ccccc2)c2cc4c(cc2-3)[nH]c2ccccc24)cc1. The highest BCUT2D eigenvalue weighted by Gasteiger charge is 2.46. The fraction of sp³-hybridized carbons (Fsp3) is 0.0270. The molecule has 38 heavy (non-hydrogen) atoms. The Hall–Kier alpha value is -4.88. The molecule has 178 valence electrons. The summed E-state index contributed by atoms with van der Waals surface area (Å²) in [4.78, 5) is 3.68. The van der Waals surface area contributed by atoms with Crippen LogP contribution in [0.3, 0.4) is 0 Å². The number of para-hydroxylation sites is 1. The van der Waals surface area contributed by atoms with Crippen LogP contribution in [-0.2, 0) is 5.41 Å². The molecule has 6 aromatic carbocycles. The van der Waals surface area contributed by atoms with Gasteiger partial charge in [-0.15, -0.1) is 0 Å². The van der Waals surface area contributed by atoms with E-state index >= 15 is 0 Å². The molecule has 1 aliphatic rings. The van der Waals surface area contributed by atoms with Gasteiger partial charge < -0.3 is 4.98 Å². The highest BCUT2D eigenvalue weighted by molar-refractivity contribution is 6.10. The van der Waals surface area contributed by atoms with Gasteiger partial charge in [0.1, 0.15) is 0 Å². The number of hydrogen-bond donors (Lipinski definition) is 1. The first-order valence-electron chi connectivity index (χ1n) is 13.2. The minimum Gasteiger partial charge on any atom is -0.354 e. The van der Waals surface area contributed by atoms with Gasteiger partial charge in [0, 0.05) is 21.8 Å². The van der Waals surface area contributed by atoms with Crippen molar-refractivity contribution in [3.8, 4) is 22.3 Å². The van der Waals surface area contributed by atoms with Crippen LogP contribution in [-0.4, -0.2) is 4.98 Å². The second-order valence-corrected chi connectivity index (χ2v) is 10.2. The summed E-state index contributed by atoms with van der Waals surface area (Å²) >= 11 is 0. The van der Waals surface area contributed by atoms with Crippen LogP contribution in [0.1, 0.15) is 22.3 Å². The van der Waals surface area contributed by atoms with Gasteiger partial charge in [-0.3, -0.25) is 0 Å². The summed E-state index contributed by atoms with van der Waals surface area (Å²) in [5.41, 5.74) is 12.3. The molecule has 1 nitrogen and oxygen atoms in total. The van der Waals surface area contributed by atoms with Crippen LogP contribution < -0.4 is 0 Å². The third-order valence-electron chi connectivity index (χ3n) is 8.28. The summed E-state index contributed by atoms with van der Waals surface area (Å²) in [6.45, 7) is 0. The lowest BCUT2D eigenvalue weighted by Crippen LogP contribution is -2.28. The first kappa shape index (κ1) is 21.2. The molecule has 1 aromatic heterocycles. The molecular weight excluding hydrogens is 458 g/mol. The molecule has 0 bridgehead atoms. The van der Waals surface area contributed by atoms with Crippen LogP contribution in [0, 0.1) is 0 Å². The van der Waals surface area contributed by atoms with Gasteiger partial charge in [-0.2, -0.15) is 0 Å². The lowest BCUT2D eigenvalue weighted by Gasteiger charge is -2.34. The van der Waals surface area contributed by atoms with E-state index < -0.39 is 5.41 Å². The molecule has 1 aliphatic carbocycles. The van der Waals surface area contributed by atoms with Crippen molar-refractivity contribution in [2.45, 2.75) is 5.41 Å². The molecule has 1 heteroatoms. The van der Waals surface area contributed by atoms with E-state index in [-0.39, 0.29) is 0 Å². The second kappa shape index (κ2) is 8.06. The number of fused-ring (bicyclic) bond motifs is 6. The van der Waals surface area contributed by atoms with Crippen molar-refractivity contribution in [1.29, 1.82) is 0 Å². The van der Waals surface area contributed by atoms with E-state index in [9.17, 15) is 0 Å². The molecule has 7 aromatic rings. The van der Waals surface area contributed by atoms with E-state index in [1.165, 1.54) is 66.3 Å². The van der Waals surface area contributed by atoms with Crippen molar-refractivity contribution in [2.24, 2.45) is 0 Å². The van der Waals surface area contributed by atoms with Crippen molar-refractivity contribution in [3.05, 3.63) is 168 Å². The maximum atomic E-state index is 3.68. The van der Waals surface area contributed by atoms with Crippen LogP contribution >= 0.6 is 0 Å². The Labute approximate surface area is 222 Å². The van der Waals surface area contributed by atoms with E-state index in [1.807, 2.05) is 0 Å². The average molecular weight is 484 g/mol. The highest BCUT2D eigenvalue weighted by atomic mass is 14.7. The first-order chi connectivity index (χ1) is 18.8. The molecular formula is C37H25N. The van der Waals surface area contributed by atoms with Crippen LogP contribution in [0.25, 0.3) is 44.1 Å². The van der Waals surface area contributed by atoms with Crippen molar-refractivity contribution in [1.82, 2.24) is 4.98 Å². The molecule has 0 saturated heterocycles. The quantitative estimate of drug-likeness (QED) is 0.258. The average Bonchev–Trinajstić information content (AvgIpc) is 3.50. The molecule has 0 aliphatic heterocycles. The number of aromatic amines is 1. The predicted octanol–water partition coefficient (Wildman–Crippen LogP) is 9.35. The molecule has 0 spiro atoms. The summed E-state index contributed by atoms with van der Waals surface area (Å²) in [6, 6.07) is 53.3. The number of benzene rings is 6. The van der Waals surface area contributed by atoms with Crippen molar-refractivity contribution in [2.75, 3.05) is 0 Å². The lowest BCUT2D eigenvalue weighted by molar-refractivity contribution is 0.770. The van der Waals surface area contributed by atoms with Crippen molar-refractivity contribution in [3.63, 3.8) is 0 Å². The van der Waals surface area contributed by atoms with Gasteiger partial charge in [0.05, 0.1) is 5.41 Å². The Balaban J connectivity index is 1.54. The van der Waals surface area contributed by atoms with Gasteiger partial charge in [0.25, 0.3) is 0 Å². The number of H-pyrrole nitrogens is 1. The summed E-state index contributed by atoms with van der Waals surface area (Å²) < 4.78 is 0. The van der Waals surface area contributed by atoms with Gasteiger partial charge in [-0.1, -0.05) is 121 Å². The van der Waals surface area contributed by atoms with E-state index in [1.54, 1.807) is 0 Å². The zero-order chi connectivity index (χ0) is 25.1. The van der Waals surface area contributed by atoms with Gasteiger partial charge in [-0.25, -0.2) is 0 Å². The third kappa shape index (κ3) is 2.87. The van der Waals surface area contributed by atoms with Crippen LogP contribution in [0.5, 0.6) is 0 Å². The van der Waals surface area contributed by atoms with Gasteiger partial charge >= 0.3 is 0 Å². The minimum absolute atomic E-state index is 0.426. The second-order valence-electron chi connectivity index (χ2n) is 10.2. The summed E-state index contributed by atoms with van der Waals surface area (Å²) in [6.07, 6.45) is 0. The van der Waals surface area contributed by atoms with Crippen LogP contribution in [0.2, 0.25) is 0 Å².